The van der Waals surface area contributed by atoms with E-state index in [1.54, 1.807) is 27.7 Å². The van der Waals surface area contributed by atoms with E-state index in [9.17, 15) is 19.2 Å². The van der Waals surface area contributed by atoms with Crippen LogP contribution in [0.25, 0.3) is 10.8 Å². The first-order valence-corrected chi connectivity index (χ1v) is 11.2. The van der Waals surface area contributed by atoms with Crippen LogP contribution in [0.15, 0.2) is 42.5 Å². The fraction of sp³-hybridized carbons (Fsp3) is 0.462. The average molecular weight is 455 g/mol. The number of fused-ring (bicyclic) bond motifs is 1. The molecule has 2 aromatic rings. The summed E-state index contributed by atoms with van der Waals surface area (Å²) in [7, 11) is 0. The second-order valence-corrected chi connectivity index (χ2v) is 9.42. The van der Waals surface area contributed by atoms with Gasteiger partial charge in [0.2, 0.25) is 11.8 Å². The van der Waals surface area contributed by atoms with E-state index in [0.717, 1.165) is 16.3 Å². The number of nitrogens with one attached hydrogen (secondary N) is 2. The normalized spacial score (nSPS) is 13.1. The summed E-state index contributed by atoms with van der Waals surface area (Å²) in [6.45, 7) is 8.69. The van der Waals surface area contributed by atoms with Crippen LogP contribution < -0.4 is 10.6 Å². The molecule has 2 amide bonds. The second kappa shape index (κ2) is 11.6. The third-order valence-electron chi connectivity index (χ3n) is 4.97. The van der Waals surface area contributed by atoms with E-state index in [1.165, 1.54) is 6.92 Å². The van der Waals surface area contributed by atoms with Crippen LogP contribution in [-0.4, -0.2) is 35.2 Å². The molecule has 0 spiro atoms. The quantitative estimate of drug-likeness (QED) is 0.533. The standard InChI is InChI=1S/C26H34N2O5/c1-17(28-25(32)21(14-18(2)29)15-24(31)33-26(3,4)5)13-23(30)27-16-20-11-8-10-19-9-6-7-12-22(19)20/h6-12,17,21H,13-16H2,1-5H3,(H,27,30)(H,28,32)/t17-,21+/m0/s1. The van der Waals surface area contributed by atoms with E-state index in [2.05, 4.69) is 10.6 Å². The summed E-state index contributed by atoms with van der Waals surface area (Å²) in [5.41, 5.74) is 0.334. The summed E-state index contributed by atoms with van der Waals surface area (Å²) in [4.78, 5) is 48.9. The molecule has 0 aliphatic heterocycles. The van der Waals surface area contributed by atoms with Crippen LogP contribution in [0.5, 0.6) is 0 Å². The fourth-order valence-corrected chi connectivity index (χ4v) is 3.59. The van der Waals surface area contributed by atoms with Crippen LogP contribution >= 0.6 is 0 Å². The number of benzene rings is 2. The topological polar surface area (TPSA) is 102 Å². The summed E-state index contributed by atoms with van der Waals surface area (Å²) < 4.78 is 5.28. The fourth-order valence-electron chi connectivity index (χ4n) is 3.59. The number of esters is 1. The lowest BCUT2D eigenvalue weighted by Gasteiger charge is -2.23. The Morgan fingerprint density at radius 3 is 2.27 bits per heavy atom. The van der Waals surface area contributed by atoms with E-state index in [0.29, 0.717) is 6.54 Å². The predicted molar refractivity (Wildman–Crippen MR) is 127 cm³/mol. The van der Waals surface area contributed by atoms with Crippen LogP contribution in [0.3, 0.4) is 0 Å². The highest BCUT2D eigenvalue weighted by Gasteiger charge is 2.27. The van der Waals surface area contributed by atoms with Gasteiger partial charge in [0.1, 0.15) is 11.4 Å². The molecule has 2 rings (SSSR count). The second-order valence-electron chi connectivity index (χ2n) is 9.42. The predicted octanol–water partition coefficient (Wildman–Crippen LogP) is 3.68. The molecular weight excluding hydrogens is 420 g/mol. The minimum atomic E-state index is -0.835. The molecule has 0 heterocycles. The zero-order chi connectivity index (χ0) is 24.6. The number of hydrogen-bond acceptors (Lipinski definition) is 5. The monoisotopic (exact) mass is 454 g/mol. The Bertz CT molecular complexity index is 1000. The number of ether oxygens (including phenoxy) is 1. The van der Waals surface area contributed by atoms with Crippen molar-refractivity contribution in [3.8, 4) is 0 Å². The minimum absolute atomic E-state index is 0.0644. The molecule has 2 N–H and O–H groups in total. The van der Waals surface area contributed by atoms with E-state index >= 15 is 0 Å². The van der Waals surface area contributed by atoms with Crippen LogP contribution in [-0.2, 0) is 30.5 Å². The molecule has 2 atom stereocenters. The average Bonchev–Trinajstić information content (AvgIpc) is 2.69. The lowest BCUT2D eigenvalue weighted by Crippen LogP contribution is -2.41. The Morgan fingerprint density at radius 1 is 0.939 bits per heavy atom. The molecule has 0 aliphatic carbocycles. The van der Waals surface area contributed by atoms with Crippen molar-refractivity contribution in [3.05, 3.63) is 48.0 Å². The number of carbonyl (C=O) groups is 4. The molecule has 178 valence electrons. The van der Waals surface area contributed by atoms with Crippen LogP contribution in [0.4, 0.5) is 0 Å². The van der Waals surface area contributed by atoms with E-state index in [4.69, 9.17) is 4.74 Å². The zero-order valence-corrected chi connectivity index (χ0v) is 20.1. The van der Waals surface area contributed by atoms with Gasteiger partial charge in [0.05, 0.1) is 12.3 Å². The number of carbonyl (C=O) groups excluding carboxylic acids is 4. The van der Waals surface area contributed by atoms with E-state index in [-0.39, 0.29) is 31.0 Å². The summed E-state index contributed by atoms with van der Waals surface area (Å²) in [5, 5.41) is 7.83. The van der Waals surface area contributed by atoms with Crippen molar-refractivity contribution in [1.82, 2.24) is 10.6 Å². The first-order valence-electron chi connectivity index (χ1n) is 11.2. The summed E-state index contributed by atoms with van der Waals surface area (Å²) >= 11 is 0. The third kappa shape index (κ3) is 9.04. The van der Waals surface area contributed by atoms with Crippen LogP contribution in [0.1, 0.15) is 59.4 Å². The third-order valence-corrected chi connectivity index (χ3v) is 4.97. The molecule has 0 unspecified atom stereocenters. The Morgan fingerprint density at radius 2 is 1.61 bits per heavy atom. The molecule has 0 saturated heterocycles. The van der Waals surface area contributed by atoms with Crippen molar-refractivity contribution >= 4 is 34.3 Å². The largest absolute Gasteiger partial charge is 0.460 e. The highest BCUT2D eigenvalue weighted by atomic mass is 16.6. The highest BCUT2D eigenvalue weighted by Crippen LogP contribution is 2.18. The molecule has 0 aromatic heterocycles. The van der Waals surface area contributed by atoms with Gasteiger partial charge in [-0.25, -0.2) is 0 Å². The molecule has 7 heteroatoms. The smallest absolute Gasteiger partial charge is 0.307 e. The van der Waals surface area contributed by atoms with Gasteiger partial charge < -0.3 is 20.2 Å². The van der Waals surface area contributed by atoms with Crippen LogP contribution in [0.2, 0.25) is 0 Å². The zero-order valence-electron chi connectivity index (χ0n) is 20.1. The lowest BCUT2D eigenvalue weighted by molar-refractivity contribution is -0.157. The van der Waals surface area contributed by atoms with Crippen molar-refractivity contribution in [2.75, 3.05) is 0 Å². The van der Waals surface area contributed by atoms with Crippen molar-refractivity contribution in [2.45, 2.75) is 72.1 Å². The summed E-state index contributed by atoms with van der Waals surface area (Å²) in [6, 6.07) is 13.4. The first kappa shape index (κ1) is 26.0. The summed E-state index contributed by atoms with van der Waals surface area (Å²) in [5.74, 6) is -2.21. The van der Waals surface area contributed by atoms with Gasteiger partial charge in [-0.3, -0.25) is 14.4 Å². The van der Waals surface area contributed by atoms with Crippen molar-refractivity contribution < 1.29 is 23.9 Å². The van der Waals surface area contributed by atoms with Gasteiger partial charge in [0, 0.05) is 25.4 Å². The Hall–Kier alpha value is -3.22. The van der Waals surface area contributed by atoms with Gasteiger partial charge >= 0.3 is 5.97 Å². The maximum Gasteiger partial charge on any atom is 0.307 e. The van der Waals surface area contributed by atoms with Gasteiger partial charge in [0.25, 0.3) is 0 Å². The van der Waals surface area contributed by atoms with Gasteiger partial charge in [-0.2, -0.15) is 0 Å². The van der Waals surface area contributed by atoms with E-state index < -0.39 is 29.4 Å². The van der Waals surface area contributed by atoms with Gasteiger partial charge in [0.15, 0.2) is 0 Å². The number of Topliss-reactive ketones (excluding diaryl/α,β-unsaturated/α-hetero) is 1. The lowest BCUT2D eigenvalue weighted by atomic mass is 9.97. The first-order chi connectivity index (χ1) is 15.4. The van der Waals surface area contributed by atoms with Gasteiger partial charge in [-0.15, -0.1) is 0 Å². The molecule has 0 saturated carbocycles. The Labute approximate surface area is 195 Å². The number of rotatable bonds is 10. The Balaban J connectivity index is 1.90. The van der Waals surface area contributed by atoms with Gasteiger partial charge in [-0.1, -0.05) is 42.5 Å². The van der Waals surface area contributed by atoms with Crippen molar-refractivity contribution in [2.24, 2.45) is 5.92 Å². The highest BCUT2D eigenvalue weighted by molar-refractivity contribution is 5.89. The summed E-state index contributed by atoms with van der Waals surface area (Å²) in [6.07, 6.45) is -0.177. The number of ketones is 1. The van der Waals surface area contributed by atoms with Crippen molar-refractivity contribution in [1.29, 1.82) is 0 Å². The molecule has 0 radical (unpaired) electrons. The molecule has 33 heavy (non-hydrogen) atoms. The molecule has 0 fully saturated rings. The maximum atomic E-state index is 12.7. The molecular formula is C26H34N2O5. The van der Waals surface area contributed by atoms with Gasteiger partial charge in [-0.05, 0) is 51.0 Å². The molecule has 0 bridgehead atoms. The van der Waals surface area contributed by atoms with E-state index in [1.807, 2.05) is 42.5 Å². The van der Waals surface area contributed by atoms with Crippen LogP contribution in [0, 0.1) is 5.92 Å². The number of hydrogen-bond donors (Lipinski definition) is 2. The minimum Gasteiger partial charge on any atom is -0.460 e. The van der Waals surface area contributed by atoms with Crippen molar-refractivity contribution in [3.63, 3.8) is 0 Å². The maximum absolute atomic E-state index is 12.7. The molecule has 2 aromatic carbocycles. The number of amides is 2. The molecule has 7 nitrogen and oxygen atoms in total. The molecule has 0 aliphatic rings. The Kier molecular flexibility index (Phi) is 9.14. The SMILES string of the molecule is CC(=O)C[C@H](CC(=O)OC(C)(C)C)C(=O)N[C@@H](C)CC(=O)NCc1cccc2ccccc12.